The average Bonchev–Trinajstić information content (AvgIpc) is 2.80. The number of carbonyl (C=O) groups excluding carboxylic acids is 2. The number of hydrogen-bond acceptors (Lipinski definition) is 7. The van der Waals surface area contributed by atoms with Crippen molar-refractivity contribution >= 4 is 34.1 Å². The maximum atomic E-state index is 12.5. The van der Waals surface area contributed by atoms with E-state index >= 15 is 0 Å². The van der Waals surface area contributed by atoms with Crippen LogP contribution in [0.3, 0.4) is 0 Å². The Morgan fingerprint density at radius 1 is 1.09 bits per heavy atom. The number of phenols is 2. The zero-order chi connectivity index (χ0) is 24.0. The number of halogens is 1. The lowest BCUT2D eigenvalue weighted by molar-refractivity contribution is -0.142. The van der Waals surface area contributed by atoms with Gasteiger partial charge in [0.1, 0.15) is 5.75 Å². The minimum Gasteiger partial charge on any atom is -0.508 e. The summed E-state index contributed by atoms with van der Waals surface area (Å²) in [4.78, 5) is 29.0. The SMILES string of the molecule is COC(=O)C(Cc1ccc(O)cc1)N=Cc1cc(Br)cc(OC(=O)c2cccc(C)c2)c1O. The predicted octanol–water partition coefficient (Wildman–Crippen LogP) is 4.59. The van der Waals surface area contributed by atoms with Gasteiger partial charge < -0.3 is 19.7 Å². The van der Waals surface area contributed by atoms with Crippen molar-refractivity contribution in [2.45, 2.75) is 19.4 Å². The van der Waals surface area contributed by atoms with Crippen LogP contribution in [0.25, 0.3) is 0 Å². The molecule has 3 aromatic rings. The van der Waals surface area contributed by atoms with Crippen LogP contribution in [0.15, 0.2) is 70.1 Å². The molecule has 3 aromatic carbocycles. The molecule has 0 amide bonds. The van der Waals surface area contributed by atoms with Crippen LogP contribution in [0.1, 0.15) is 27.0 Å². The fourth-order valence-electron chi connectivity index (χ4n) is 3.06. The number of carbonyl (C=O) groups is 2. The van der Waals surface area contributed by atoms with E-state index in [1.807, 2.05) is 13.0 Å². The molecular formula is C25H22BrNO6. The summed E-state index contributed by atoms with van der Waals surface area (Å²) >= 11 is 3.34. The van der Waals surface area contributed by atoms with Gasteiger partial charge >= 0.3 is 11.9 Å². The van der Waals surface area contributed by atoms with Gasteiger partial charge in [-0.3, -0.25) is 4.99 Å². The van der Waals surface area contributed by atoms with Crippen molar-refractivity contribution in [2.75, 3.05) is 7.11 Å². The molecule has 0 radical (unpaired) electrons. The molecule has 0 bridgehead atoms. The van der Waals surface area contributed by atoms with Gasteiger partial charge in [-0.1, -0.05) is 45.8 Å². The molecule has 8 heteroatoms. The first-order valence-electron chi connectivity index (χ1n) is 9.97. The molecule has 0 spiro atoms. The topological polar surface area (TPSA) is 105 Å². The van der Waals surface area contributed by atoms with E-state index in [0.29, 0.717) is 10.0 Å². The standard InChI is InChI=1S/C25H22BrNO6/c1-15-4-3-5-17(10-15)24(30)33-22-13-19(26)12-18(23(22)29)14-27-21(25(31)32-2)11-16-6-8-20(28)9-7-16/h3-10,12-14,21,28-29H,11H2,1-2H3. The van der Waals surface area contributed by atoms with Crippen LogP contribution in [0, 0.1) is 6.92 Å². The first kappa shape index (κ1) is 24.0. The van der Waals surface area contributed by atoms with Crippen LogP contribution in [-0.4, -0.2) is 41.5 Å². The minimum atomic E-state index is -0.879. The maximum absolute atomic E-state index is 12.5. The van der Waals surface area contributed by atoms with Gasteiger partial charge in [-0.05, 0) is 48.9 Å². The summed E-state index contributed by atoms with van der Waals surface area (Å²) in [6.07, 6.45) is 1.56. The number of benzene rings is 3. The fraction of sp³-hybridized carbons (Fsp3) is 0.160. The minimum absolute atomic E-state index is 0.0505. The Balaban J connectivity index is 1.85. The Hall–Kier alpha value is -3.65. The van der Waals surface area contributed by atoms with Crippen LogP contribution >= 0.6 is 15.9 Å². The highest BCUT2D eigenvalue weighted by atomic mass is 79.9. The predicted molar refractivity (Wildman–Crippen MR) is 127 cm³/mol. The molecule has 7 nitrogen and oxygen atoms in total. The summed E-state index contributed by atoms with van der Waals surface area (Å²) in [6.45, 7) is 1.86. The number of rotatable bonds is 7. The van der Waals surface area contributed by atoms with Gasteiger partial charge in [-0.15, -0.1) is 0 Å². The lowest BCUT2D eigenvalue weighted by Crippen LogP contribution is -2.23. The Morgan fingerprint density at radius 3 is 2.48 bits per heavy atom. The first-order valence-corrected chi connectivity index (χ1v) is 10.8. The van der Waals surface area contributed by atoms with Crippen molar-refractivity contribution in [3.05, 3.63) is 87.4 Å². The molecule has 33 heavy (non-hydrogen) atoms. The molecule has 1 atom stereocenters. The van der Waals surface area contributed by atoms with E-state index < -0.39 is 18.0 Å². The van der Waals surface area contributed by atoms with Crippen LogP contribution in [0.5, 0.6) is 17.2 Å². The molecule has 0 aliphatic heterocycles. The van der Waals surface area contributed by atoms with Gasteiger partial charge in [0.2, 0.25) is 0 Å². The first-order chi connectivity index (χ1) is 15.8. The number of ether oxygens (including phenoxy) is 2. The largest absolute Gasteiger partial charge is 0.508 e. The Labute approximate surface area is 199 Å². The van der Waals surface area contributed by atoms with Gasteiger partial charge in [-0.25, -0.2) is 9.59 Å². The second-order valence-electron chi connectivity index (χ2n) is 7.29. The van der Waals surface area contributed by atoms with E-state index in [9.17, 15) is 19.8 Å². The third-order valence-corrected chi connectivity index (χ3v) is 5.22. The van der Waals surface area contributed by atoms with Gasteiger partial charge in [0.05, 0.1) is 12.7 Å². The van der Waals surface area contributed by atoms with Gasteiger partial charge in [0, 0.05) is 22.7 Å². The molecule has 0 aliphatic rings. The molecule has 170 valence electrons. The summed E-state index contributed by atoms with van der Waals surface area (Å²) < 4.78 is 10.8. The Bertz CT molecular complexity index is 1190. The molecule has 0 aliphatic carbocycles. The normalized spacial score (nSPS) is 11.8. The zero-order valence-electron chi connectivity index (χ0n) is 18.0. The number of hydrogen-bond donors (Lipinski definition) is 2. The third kappa shape index (κ3) is 6.43. The van der Waals surface area contributed by atoms with Crippen LogP contribution in [-0.2, 0) is 16.0 Å². The summed E-state index contributed by atoms with van der Waals surface area (Å²) in [5.74, 6) is -1.40. The van der Waals surface area contributed by atoms with Crippen LogP contribution in [0.2, 0.25) is 0 Å². The molecule has 0 saturated heterocycles. The van der Waals surface area contributed by atoms with E-state index in [4.69, 9.17) is 9.47 Å². The molecule has 0 fully saturated rings. The van der Waals surface area contributed by atoms with Gasteiger partial charge in [-0.2, -0.15) is 0 Å². The molecule has 3 rings (SSSR count). The lowest BCUT2D eigenvalue weighted by atomic mass is 10.1. The van der Waals surface area contributed by atoms with Crippen molar-refractivity contribution in [1.82, 2.24) is 0 Å². The van der Waals surface area contributed by atoms with E-state index in [0.717, 1.165) is 11.1 Å². The number of aromatic hydroxyl groups is 2. The smallest absolute Gasteiger partial charge is 0.343 e. The lowest BCUT2D eigenvalue weighted by Gasteiger charge is -2.12. The van der Waals surface area contributed by atoms with Crippen molar-refractivity contribution in [3.8, 4) is 17.2 Å². The number of esters is 2. The van der Waals surface area contributed by atoms with Crippen molar-refractivity contribution in [2.24, 2.45) is 4.99 Å². The van der Waals surface area contributed by atoms with Crippen molar-refractivity contribution in [1.29, 1.82) is 0 Å². The number of methoxy groups -OCH3 is 1. The Kier molecular flexibility index (Phi) is 7.84. The highest BCUT2D eigenvalue weighted by Gasteiger charge is 2.20. The van der Waals surface area contributed by atoms with E-state index in [1.54, 1.807) is 36.4 Å². The number of aryl methyl sites for hydroxylation is 1. The molecular weight excluding hydrogens is 490 g/mol. The highest BCUT2D eigenvalue weighted by molar-refractivity contribution is 9.10. The second-order valence-corrected chi connectivity index (χ2v) is 8.20. The fourth-order valence-corrected chi connectivity index (χ4v) is 3.51. The molecule has 0 heterocycles. The quantitative estimate of drug-likeness (QED) is 0.273. The van der Waals surface area contributed by atoms with Crippen molar-refractivity contribution < 1.29 is 29.3 Å². The monoisotopic (exact) mass is 511 g/mol. The molecule has 0 saturated carbocycles. The second kappa shape index (κ2) is 10.8. The van der Waals surface area contributed by atoms with E-state index in [1.165, 1.54) is 31.5 Å². The summed E-state index contributed by atoms with van der Waals surface area (Å²) in [7, 11) is 1.26. The van der Waals surface area contributed by atoms with Crippen molar-refractivity contribution in [3.63, 3.8) is 0 Å². The zero-order valence-corrected chi connectivity index (χ0v) is 19.6. The van der Waals surface area contributed by atoms with Gasteiger partial charge in [0.15, 0.2) is 17.5 Å². The highest BCUT2D eigenvalue weighted by Crippen LogP contribution is 2.33. The number of aliphatic imine (C=N–C) groups is 1. The third-order valence-electron chi connectivity index (χ3n) is 4.76. The van der Waals surface area contributed by atoms with Crippen LogP contribution in [0.4, 0.5) is 0 Å². The number of phenolic OH excluding ortho intramolecular Hbond substituents is 2. The van der Waals surface area contributed by atoms with E-state index in [-0.39, 0.29) is 29.2 Å². The Morgan fingerprint density at radius 2 is 1.82 bits per heavy atom. The van der Waals surface area contributed by atoms with Crippen LogP contribution < -0.4 is 4.74 Å². The number of nitrogens with zero attached hydrogens (tertiary/aromatic N) is 1. The molecule has 1 unspecified atom stereocenters. The summed E-state index contributed by atoms with van der Waals surface area (Å²) in [5.41, 5.74) is 2.27. The molecule has 0 aromatic heterocycles. The average molecular weight is 512 g/mol. The van der Waals surface area contributed by atoms with E-state index in [2.05, 4.69) is 20.9 Å². The maximum Gasteiger partial charge on any atom is 0.343 e. The molecule has 2 N–H and O–H groups in total. The summed E-state index contributed by atoms with van der Waals surface area (Å²) in [6, 6.07) is 15.5. The van der Waals surface area contributed by atoms with Gasteiger partial charge in [0.25, 0.3) is 0 Å². The summed E-state index contributed by atoms with van der Waals surface area (Å²) in [5, 5.41) is 20.1.